The van der Waals surface area contributed by atoms with Gasteiger partial charge < -0.3 is 15.2 Å². The van der Waals surface area contributed by atoms with E-state index in [0.29, 0.717) is 0 Å². The molecule has 1 saturated heterocycles. The van der Waals surface area contributed by atoms with Crippen LogP contribution >= 0.6 is 0 Å². The van der Waals surface area contributed by atoms with E-state index in [9.17, 15) is 9.18 Å². The van der Waals surface area contributed by atoms with Crippen molar-refractivity contribution in [3.05, 3.63) is 88.8 Å². The molecule has 1 aliphatic heterocycles. The van der Waals surface area contributed by atoms with Gasteiger partial charge in [-0.1, -0.05) is 80.5 Å². The predicted octanol–water partition coefficient (Wildman–Crippen LogP) is 8.53. The number of likely N-dealkylation sites (tertiary alicyclic amines) is 1. The second kappa shape index (κ2) is 20.1. The van der Waals surface area contributed by atoms with Gasteiger partial charge >= 0.3 is 0 Å². The highest BCUT2D eigenvalue weighted by Gasteiger charge is 2.35. The quantitative estimate of drug-likeness (QED) is 0.185. The average molecular weight is 576 g/mol. The van der Waals surface area contributed by atoms with Gasteiger partial charge in [0.15, 0.2) is 6.29 Å². The number of rotatable bonds is 9. The molecule has 2 aliphatic carbocycles. The number of aldehydes is 1. The lowest BCUT2D eigenvalue weighted by molar-refractivity contribution is 0.112. The standard InChI is InChI=1S/C15H21FN2.C11H12O.C7H10.C4H11N/c1-17-9-6-15(7-10-18(2)11-8-15)13-4-3-5-14(16)12-13;1-2-3-6-10-7-4-5-8-11(10)9-12;1-2-4-7-5-6(7)3-1;1-3-4-5-2/h3-5,12H,1,6-11H2,2H3;3-9H,2H2,1H3;5-6H,1-4H2;5H,3-4H2,1-2H3. The first kappa shape index (κ1) is 35.3. The molecule has 1 unspecified atom stereocenters. The molecule has 1 atom stereocenters. The van der Waals surface area contributed by atoms with E-state index in [1.165, 1.54) is 38.2 Å². The van der Waals surface area contributed by atoms with Crippen molar-refractivity contribution in [1.82, 2.24) is 10.2 Å². The van der Waals surface area contributed by atoms with Crippen molar-refractivity contribution < 1.29 is 9.18 Å². The van der Waals surface area contributed by atoms with E-state index in [4.69, 9.17) is 0 Å². The zero-order valence-corrected chi connectivity index (χ0v) is 26.6. The zero-order chi connectivity index (χ0) is 30.6. The van der Waals surface area contributed by atoms with Crippen LogP contribution in [-0.2, 0) is 5.41 Å². The van der Waals surface area contributed by atoms with Crippen LogP contribution in [0.1, 0.15) is 93.1 Å². The molecule has 2 aromatic rings. The van der Waals surface area contributed by atoms with E-state index >= 15 is 0 Å². The van der Waals surface area contributed by atoms with Gasteiger partial charge in [0.05, 0.1) is 0 Å². The molecule has 5 rings (SSSR count). The van der Waals surface area contributed by atoms with Crippen molar-refractivity contribution in [3.8, 4) is 0 Å². The number of nitrogens with one attached hydrogen (secondary N) is 1. The molecule has 2 fully saturated rings. The smallest absolute Gasteiger partial charge is 0.150 e. The van der Waals surface area contributed by atoms with Gasteiger partial charge in [-0.25, -0.2) is 4.39 Å². The van der Waals surface area contributed by atoms with Crippen molar-refractivity contribution in [3.63, 3.8) is 0 Å². The van der Waals surface area contributed by atoms with Gasteiger partial charge in [-0.15, -0.1) is 0 Å². The third kappa shape index (κ3) is 12.5. The van der Waals surface area contributed by atoms with Crippen LogP contribution in [-0.4, -0.2) is 58.2 Å². The third-order valence-corrected chi connectivity index (χ3v) is 8.30. The highest BCUT2D eigenvalue weighted by molar-refractivity contribution is 5.81. The van der Waals surface area contributed by atoms with Gasteiger partial charge in [-0.3, -0.25) is 4.79 Å². The summed E-state index contributed by atoms with van der Waals surface area (Å²) in [5, 5.41) is 3.02. The molecule has 0 aromatic heterocycles. The lowest BCUT2D eigenvalue weighted by Crippen LogP contribution is -2.41. The summed E-state index contributed by atoms with van der Waals surface area (Å²) in [6.45, 7) is 11.8. The summed E-state index contributed by atoms with van der Waals surface area (Å²) in [5.74, 6) is 0.853. The van der Waals surface area contributed by atoms with E-state index in [2.05, 4.69) is 55.0 Å². The fourth-order valence-electron chi connectivity index (χ4n) is 5.55. The molecule has 230 valence electrons. The Morgan fingerprint density at radius 3 is 2.36 bits per heavy atom. The minimum atomic E-state index is -0.141. The SMILES string of the molecule is C1=C2CCCCC12.C=NCCC1(c2cccc(F)c2)CCN(C)CC1.CCC=Cc1ccccc1C=O.CCCNC. The molecular formula is C37H54FN3O. The molecule has 1 heterocycles. The molecule has 0 bridgehead atoms. The number of carbonyl (C=O) groups is 1. The number of fused-ring (bicyclic) bond motifs is 1. The Hall–Kier alpha value is -2.89. The molecule has 5 heteroatoms. The molecule has 0 spiro atoms. The minimum Gasteiger partial charge on any atom is -0.320 e. The largest absolute Gasteiger partial charge is 0.320 e. The fraction of sp³-hybridized carbons (Fsp3) is 0.514. The summed E-state index contributed by atoms with van der Waals surface area (Å²) < 4.78 is 13.4. The first-order chi connectivity index (χ1) is 20.4. The van der Waals surface area contributed by atoms with Gasteiger partial charge in [0.1, 0.15) is 5.82 Å². The number of aliphatic imine (C=N–C) groups is 1. The Morgan fingerprint density at radius 2 is 1.83 bits per heavy atom. The molecule has 1 N–H and O–H groups in total. The van der Waals surface area contributed by atoms with Crippen LogP contribution in [0.15, 0.2) is 71.2 Å². The number of benzene rings is 2. The van der Waals surface area contributed by atoms with Gasteiger partial charge in [0.2, 0.25) is 0 Å². The summed E-state index contributed by atoms with van der Waals surface area (Å²) in [6.07, 6.45) is 18.5. The number of carbonyl (C=O) groups excluding carboxylic acids is 1. The maximum absolute atomic E-state index is 13.4. The Morgan fingerprint density at radius 1 is 1.10 bits per heavy atom. The van der Waals surface area contributed by atoms with Crippen LogP contribution in [0.3, 0.4) is 0 Å². The molecule has 1 saturated carbocycles. The van der Waals surface area contributed by atoms with Gasteiger partial charge in [-0.2, -0.15) is 0 Å². The molecule has 0 amide bonds. The predicted molar refractivity (Wildman–Crippen MR) is 179 cm³/mol. The highest BCUT2D eigenvalue weighted by Crippen LogP contribution is 2.41. The van der Waals surface area contributed by atoms with E-state index < -0.39 is 0 Å². The Kier molecular flexibility index (Phi) is 16.9. The highest BCUT2D eigenvalue weighted by atomic mass is 19.1. The summed E-state index contributed by atoms with van der Waals surface area (Å²) in [5.41, 5.74) is 4.71. The van der Waals surface area contributed by atoms with Crippen LogP contribution in [0.4, 0.5) is 4.39 Å². The van der Waals surface area contributed by atoms with Gasteiger partial charge in [0, 0.05) is 12.1 Å². The summed E-state index contributed by atoms with van der Waals surface area (Å²) in [4.78, 5) is 16.9. The fourth-order valence-corrected chi connectivity index (χ4v) is 5.55. The van der Waals surface area contributed by atoms with Crippen molar-refractivity contribution in [1.29, 1.82) is 0 Å². The normalized spacial score (nSPS) is 18.5. The van der Waals surface area contributed by atoms with E-state index in [-0.39, 0.29) is 11.2 Å². The molecule has 4 nitrogen and oxygen atoms in total. The molecule has 3 aliphatic rings. The van der Waals surface area contributed by atoms with Crippen LogP contribution in [0, 0.1) is 11.7 Å². The van der Waals surface area contributed by atoms with E-state index in [0.717, 1.165) is 80.8 Å². The number of halogens is 1. The first-order valence-corrected chi connectivity index (χ1v) is 15.9. The van der Waals surface area contributed by atoms with Crippen LogP contribution < -0.4 is 5.32 Å². The number of hydrogen-bond acceptors (Lipinski definition) is 4. The van der Waals surface area contributed by atoms with Crippen LogP contribution in [0.25, 0.3) is 6.08 Å². The maximum atomic E-state index is 13.4. The number of hydrogen-bond donors (Lipinski definition) is 1. The topological polar surface area (TPSA) is 44.7 Å². The Labute approximate surface area is 255 Å². The summed E-state index contributed by atoms with van der Waals surface area (Å²) >= 11 is 0. The van der Waals surface area contributed by atoms with Crippen LogP contribution in [0.5, 0.6) is 0 Å². The average Bonchev–Trinajstić information content (AvgIpc) is 3.82. The molecule has 42 heavy (non-hydrogen) atoms. The van der Waals surface area contributed by atoms with Crippen molar-refractivity contribution in [2.24, 2.45) is 10.9 Å². The molecule has 2 aromatic carbocycles. The van der Waals surface area contributed by atoms with E-state index in [1.807, 2.05) is 49.5 Å². The second-order valence-electron chi connectivity index (χ2n) is 11.5. The Balaban J connectivity index is 0.000000219. The van der Waals surface area contributed by atoms with Crippen molar-refractivity contribution in [2.45, 2.75) is 77.0 Å². The minimum absolute atomic E-state index is 0.0792. The van der Waals surface area contributed by atoms with Gasteiger partial charge in [0.25, 0.3) is 0 Å². The number of allylic oxidation sites excluding steroid dienone is 3. The van der Waals surface area contributed by atoms with Crippen LogP contribution in [0.2, 0.25) is 0 Å². The second-order valence-corrected chi connectivity index (χ2v) is 11.5. The lowest BCUT2D eigenvalue weighted by Gasteiger charge is -2.41. The lowest BCUT2D eigenvalue weighted by atomic mass is 9.70. The van der Waals surface area contributed by atoms with E-state index in [1.54, 1.807) is 11.6 Å². The van der Waals surface area contributed by atoms with Crippen molar-refractivity contribution >= 4 is 19.1 Å². The monoisotopic (exact) mass is 575 g/mol. The maximum Gasteiger partial charge on any atom is 0.150 e. The van der Waals surface area contributed by atoms with Crippen molar-refractivity contribution in [2.75, 3.05) is 40.3 Å². The molecular weight excluding hydrogens is 521 g/mol. The third-order valence-electron chi connectivity index (χ3n) is 8.30. The molecule has 0 radical (unpaired) electrons. The summed E-state index contributed by atoms with van der Waals surface area (Å²) in [7, 11) is 4.10. The van der Waals surface area contributed by atoms with Gasteiger partial charge in [-0.05, 0) is 126 Å². The zero-order valence-electron chi connectivity index (χ0n) is 26.6. The Bertz CT molecular complexity index is 1120. The number of nitrogens with zero attached hydrogens (tertiary/aromatic N) is 2. The number of piperidine rings is 1. The first-order valence-electron chi connectivity index (χ1n) is 15.9. The summed E-state index contributed by atoms with van der Waals surface area (Å²) in [6, 6.07) is 14.6.